The Morgan fingerprint density at radius 1 is 1.45 bits per heavy atom. The number of ether oxygens (including phenoxy) is 2. The van der Waals surface area contributed by atoms with Crippen LogP contribution < -0.4 is 0 Å². The second kappa shape index (κ2) is 2.95. The number of cyclic esters (lactones) is 1. The summed E-state index contributed by atoms with van der Waals surface area (Å²) < 4.78 is 10.1. The number of carbonyl (C=O) groups excluding carboxylic acids is 1. The van der Waals surface area contributed by atoms with Gasteiger partial charge in [0.15, 0.2) is 0 Å². The van der Waals surface area contributed by atoms with Crippen LogP contribution in [0.15, 0.2) is 11.8 Å². The van der Waals surface area contributed by atoms with E-state index in [2.05, 4.69) is 0 Å². The lowest BCUT2D eigenvalue weighted by molar-refractivity contribution is -0.180. The molecule has 1 aliphatic heterocycles. The number of allylic oxidation sites excluding steroid dienone is 1. The lowest BCUT2D eigenvalue weighted by atomic mass is 10.2. The first kappa shape index (κ1) is 8.11. The van der Waals surface area contributed by atoms with Crippen LogP contribution in [-0.2, 0) is 14.3 Å². The van der Waals surface area contributed by atoms with Gasteiger partial charge in [-0.3, -0.25) is 0 Å². The monoisotopic (exact) mass is 156 g/mol. The van der Waals surface area contributed by atoms with Crippen molar-refractivity contribution in [1.29, 1.82) is 0 Å². The molecule has 0 saturated heterocycles. The normalized spacial score (nSPS) is 24.2. The van der Waals surface area contributed by atoms with Crippen LogP contribution in [0.4, 0.5) is 0 Å². The molecule has 0 aromatic heterocycles. The van der Waals surface area contributed by atoms with Crippen LogP contribution in [0, 0.1) is 5.92 Å². The zero-order chi connectivity index (χ0) is 8.43. The average molecular weight is 156 g/mol. The molecule has 0 aliphatic carbocycles. The van der Waals surface area contributed by atoms with Crippen LogP contribution in [0.1, 0.15) is 20.8 Å². The molecule has 1 rings (SSSR count). The van der Waals surface area contributed by atoms with Gasteiger partial charge in [0.1, 0.15) is 5.76 Å². The summed E-state index contributed by atoms with van der Waals surface area (Å²) in [6.45, 7) is 5.63. The van der Waals surface area contributed by atoms with E-state index in [9.17, 15) is 4.79 Å². The summed E-state index contributed by atoms with van der Waals surface area (Å²) >= 11 is 0. The fourth-order valence-electron chi connectivity index (χ4n) is 0.828. The maximum absolute atomic E-state index is 10.8. The van der Waals surface area contributed by atoms with Crippen molar-refractivity contribution in [2.24, 2.45) is 5.92 Å². The van der Waals surface area contributed by atoms with E-state index in [1.54, 1.807) is 6.92 Å². The Kier molecular flexibility index (Phi) is 2.17. The smallest absolute Gasteiger partial charge is 0.337 e. The molecule has 0 N–H and O–H groups in total. The van der Waals surface area contributed by atoms with Crippen LogP contribution in [0.2, 0.25) is 0 Å². The van der Waals surface area contributed by atoms with Gasteiger partial charge in [-0.15, -0.1) is 0 Å². The number of carbonyl (C=O) groups is 1. The average Bonchev–Trinajstić information content (AvgIpc) is 1.85. The van der Waals surface area contributed by atoms with Crippen LogP contribution in [0.3, 0.4) is 0 Å². The molecule has 0 bridgehead atoms. The molecular weight excluding hydrogens is 144 g/mol. The molecular formula is C8H12O3. The van der Waals surface area contributed by atoms with E-state index < -0.39 is 6.29 Å². The Morgan fingerprint density at radius 2 is 2.09 bits per heavy atom. The minimum atomic E-state index is -0.410. The van der Waals surface area contributed by atoms with E-state index >= 15 is 0 Å². The summed E-state index contributed by atoms with van der Waals surface area (Å²) in [4.78, 5) is 10.8. The second-order valence-corrected chi connectivity index (χ2v) is 2.92. The summed E-state index contributed by atoms with van der Waals surface area (Å²) in [5.41, 5.74) is 0. The predicted octanol–water partition coefficient (Wildman–Crippen LogP) is 1.45. The van der Waals surface area contributed by atoms with E-state index in [0.717, 1.165) is 0 Å². The van der Waals surface area contributed by atoms with Crippen molar-refractivity contribution in [1.82, 2.24) is 0 Å². The van der Waals surface area contributed by atoms with E-state index in [-0.39, 0.29) is 11.9 Å². The zero-order valence-corrected chi connectivity index (χ0v) is 6.96. The second-order valence-electron chi connectivity index (χ2n) is 2.92. The maximum atomic E-state index is 10.8. The molecule has 3 nitrogen and oxygen atoms in total. The molecule has 1 unspecified atom stereocenters. The van der Waals surface area contributed by atoms with E-state index in [4.69, 9.17) is 9.47 Å². The summed E-state index contributed by atoms with van der Waals surface area (Å²) in [7, 11) is 0. The lowest BCUT2D eigenvalue weighted by Crippen LogP contribution is -2.29. The molecule has 0 radical (unpaired) electrons. The van der Waals surface area contributed by atoms with Gasteiger partial charge in [0, 0.05) is 5.92 Å². The van der Waals surface area contributed by atoms with Gasteiger partial charge in [0.05, 0.1) is 6.08 Å². The van der Waals surface area contributed by atoms with Gasteiger partial charge < -0.3 is 9.47 Å². The van der Waals surface area contributed by atoms with Crippen molar-refractivity contribution >= 4 is 5.97 Å². The summed E-state index contributed by atoms with van der Waals surface area (Å²) in [5, 5.41) is 0. The molecule has 11 heavy (non-hydrogen) atoms. The largest absolute Gasteiger partial charge is 0.459 e. The van der Waals surface area contributed by atoms with Crippen LogP contribution in [0.5, 0.6) is 0 Å². The molecule has 0 aromatic rings. The quantitative estimate of drug-likeness (QED) is 0.539. The Labute approximate surface area is 66.0 Å². The SMILES string of the molecule is CC1=CC(=O)OC(C(C)C)O1. The Balaban J connectivity index is 2.64. The first-order chi connectivity index (χ1) is 5.09. The highest BCUT2D eigenvalue weighted by Gasteiger charge is 2.23. The van der Waals surface area contributed by atoms with Crippen molar-refractivity contribution < 1.29 is 14.3 Å². The summed E-state index contributed by atoms with van der Waals surface area (Å²) in [5.74, 6) is 0.509. The van der Waals surface area contributed by atoms with Gasteiger partial charge in [-0.25, -0.2) is 4.79 Å². The molecule has 3 heteroatoms. The van der Waals surface area contributed by atoms with E-state index in [1.165, 1.54) is 6.08 Å². The molecule has 0 aromatic carbocycles. The highest BCUT2D eigenvalue weighted by Crippen LogP contribution is 2.17. The van der Waals surface area contributed by atoms with Gasteiger partial charge in [-0.1, -0.05) is 13.8 Å². The molecule has 62 valence electrons. The van der Waals surface area contributed by atoms with Crippen molar-refractivity contribution in [3.05, 3.63) is 11.8 Å². The van der Waals surface area contributed by atoms with Gasteiger partial charge in [0.25, 0.3) is 0 Å². The number of esters is 1. The van der Waals surface area contributed by atoms with Crippen LogP contribution >= 0.6 is 0 Å². The first-order valence-electron chi connectivity index (χ1n) is 3.65. The van der Waals surface area contributed by atoms with E-state index in [0.29, 0.717) is 5.76 Å². The highest BCUT2D eigenvalue weighted by atomic mass is 16.7. The summed E-state index contributed by atoms with van der Waals surface area (Å²) in [6, 6.07) is 0. The molecule has 0 amide bonds. The van der Waals surface area contributed by atoms with Gasteiger partial charge in [0.2, 0.25) is 6.29 Å². The van der Waals surface area contributed by atoms with Gasteiger partial charge in [-0.05, 0) is 6.92 Å². The van der Waals surface area contributed by atoms with Crippen molar-refractivity contribution in [3.63, 3.8) is 0 Å². The number of rotatable bonds is 1. The maximum Gasteiger partial charge on any atom is 0.337 e. The topological polar surface area (TPSA) is 35.5 Å². The predicted molar refractivity (Wildman–Crippen MR) is 39.6 cm³/mol. The fourth-order valence-corrected chi connectivity index (χ4v) is 0.828. The van der Waals surface area contributed by atoms with Crippen molar-refractivity contribution in [2.45, 2.75) is 27.1 Å². The Morgan fingerprint density at radius 3 is 2.55 bits per heavy atom. The lowest BCUT2D eigenvalue weighted by Gasteiger charge is -2.25. The zero-order valence-electron chi connectivity index (χ0n) is 6.96. The Bertz CT molecular complexity index is 194. The molecule has 1 heterocycles. The standard InChI is InChI=1S/C8H12O3/c1-5(2)8-10-6(3)4-7(9)11-8/h4-5,8H,1-3H3. The summed E-state index contributed by atoms with van der Waals surface area (Å²) in [6.07, 6.45) is 0.936. The fraction of sp³-hybridized carbons (Fsp3) is 0.625. The van der Waals surface area contributed by atoms with Gasteiger partial charge in [-0.2, -0.15) is 0 Å². The minimum Gasteiger partial charge on any atom is -0.459 e. The third kappa shape index (κ3) is 1.97. The first-order valence-corrected chi connectivity index (χ1v) is 3.65. The Hall–Kier alpha value is -0.990. The molecule has 1 aliphatic rings. The minimum absolute atomic E-state index is 0.197. The van der Waals surface area contributed by atoms with Crippen LogP contribution in [-0.4, -0.2) is 12.3 Å². The van der Waals surface area contributed by atoms with Crippen molar-refractivity contribution in [3.8, 4) is 0 Å². The third-order valence-electron chi connectivity index (χ3n) is 1.40. The molecule has 0 fully saturated rings. The highest BCUT2D eigenvalue weighted by molar-refractivity contribution is 5.83. The molecule has 1 atom stereocenters. The van der Waals surface area contributed by atoms with Gasteiger partial charge >= 0.3 is 5.97 Å². The molecule has 0 saturated carbocycles. The van der Waals surface area contributed by atoms with Crippen molar-refractivity contribution in [2.75, 3.05) is 0 Å². The number of hydrogen-bond acceptors (Lipinski definition) is 3. The molecule has 0 spiro atoms. The number of hydrogen-bond donors (Lipinski definition) is 0. The third-order valence-corrected chi connectivity index (χ3v) is 1.40. The van der Waals surface area contributed by atoms with Crippen LogP contribution in [0.25, 0.3) is 0 Å². The van der Waals surface area contributed by atoms with E-state index in [1.807, 2.05) is 13.8 Å².